The molecule has 0 N–H and O–H groups in total. The van der Waals surface area contributed by atoms with Gasteiger partial charge < -0.3 is 14.2 Å². The molecule has 0 rings (SSSR count). The van der Waals surface area contributed by atoms with Crippen LogP contribution in [0.1, 0.15) is 284 Å². The zero-order valence-electron chi connectivity index (χ0n) is 47.2. The van der Waals surface area contributed by atoms with Gasteiger partial charge in [-0.3, -0.25) is 14.4 Å². The summed E-state index contributed by atoms with van der Waals surface area (Å²) in [4.78, 5) is 37.9. The summed E-state index contributed by atoms with van der Waals surface area (Å²) in [6.07, 6.45) is 80.1. The van der Waals surface area contributed by atoms with Crippen molar-refractivity contribution in [2.24, 2.45) is 0 Å². The van der Waals surface area contributed by atoms with Crippen LogP contribution < -0.4 is 0 Å². The van der Waals surface area contributed by atoms with Crippen molar-refractivity contribution >= 4 is 17.9 Å². The third-order valence-electron chi connectivity index (χ3n) is 12.8. The number of carbonyl (C=O) groups excluding carboxylic acids is 3. The van der Waals surface area contributed by atoms with Crippen molar-refractivity contribution in [1.29, 1.82) is 0 Å². The van der Waals surface area contributed by atoms with E-state index < -0.39 is 6.10 Å². The van der Waals surface area contributed by atoms with E-state index in [1.807, 2.05) is 0 Å². The Morgan fingerprint density at radius 2 is 0.542 bits per heavy atom. The van der Waals surface area contributed by atoms with Gasteiger partial charge in [0.2, 0.25) is 0 Å². The van der Waals surface area contributed by atoms with E-state index in [9.17, 15) is 14.4 Å². The van der Waals surface area contributed by atoms with Gasteiger partial charge in [0.1, 0.15) is 13.2 Å². The van der Waals surface area contributed by atoms with Crippen LogP contribution in [0.25, 0.3) is 0 Å². The van der Waals surface area contributed by atoms with Gasteiger partial charge in [-0.2, -0.15) is 0 Å². The fourth-order valence-corrected chi connectivity index (χ4v) is 8.30. The van der Waals surface area contributed by atoms with Crippen molar-refractivity contribution in [2.45, 2.75) is 290 Å². The van der Waals surface area contributed by atoms with Crippen molar-refractivity contribution in [1.82, 2.24) is 0 Å². The van der Waals surface area contributed by atoms with Crippen molar-refractivity contribution in [3.63, 3.8) is 0 Å². The molecule has 0 saturated heterocycles. The third-order valence-corrected chi connectivity index (χ3v) is 12.8. The van der Waals surface area contributed by atoms with E-state index >= 15 is 0 Å². The van der Waals surface area contributed by atoms with E-state index in [0.29, 0.717) is 19.3 Å². The van der Waals surface area contributed by atoms with Crippen LogP contribution >= 0.6 is 0 Å². The number of hydrogen-bond donors (Lipinski definition) is 0. The molecule has 0 aliphatic heterocycles. The summed E-state index contributed by atoms with van der Waals surface area (Å²) in [6.45, 7) is 6.44. The molecule has 0 aromatic heterocycles. The first-order valence-corrected chi connectivity index (χ1v) is 30.2. The Labute approximate surface area is 445 Å². The number of esters is 3. The predicted octanol–water partition coefficient (Wildman–Crippen LogP) is 20.5. The molecule has 72 heavy (non-hydrogen) atoms. The molecule has 0 spiro atoms. The summed E-state index contributed by atoms with van der Waals surface area (Å²) < 4.78 is 16.8. The Kier molecular flexibility index (Phi) is 56.8. The van der Waals surface area contributed by atoms with Crippen LogP contribution in [0.5, 0.6) is 0 Å². The molecule has 1 atom stereocenters. The van der Waals surface area contributed by atoms with E-state index in [1.165, 1.54) is 135 Å². The number of rotatable bonds is 54. The van der Waals surface area contributed by atoms with Gasteiger partial charge in [-0.1, -0.05) is 259 Å². The highest BCUT2D eigenvalue weighted by atomic mass is 16.6. The Balaban J connectivity index is 4.08. The number of hydrogen-bond acceptors (Lipinski definition) is 6. The second-order valence-corrected chi connectivity index (χ2v) is 19.9. The summed E-state index contributed by atoms with van der Waals surface area (Å²) in [5.41, 5.74) is 0. The van der Waals surface area contributed by atoms with Gasteiger partial charge >= 0.3 is 17.9 Å². The minimum Gasteiger partial charge on any atom is -0.462 e. The smallest absolute Gasteiger partial charge is 0.306 e. The summed E-state index contributed by atoms with van der Waals surface area (Å²) in [5.74, 6) is -0.894. The van der Waals surface area contributed by atoms with Gasteiger partial charge in [0.25, 0.3) is 0 Å². The number of unbranched alkanes of at least 4 members (excludes halogenated alkanes) is 27. The van der Waals surface area contributed by atoms with Crippen LogP contribution in [0.4, 0.5) is 0 Å². The molecule has 0 aromatic rings. The maximum Gasteiger partial charge on any atom is 0.306 e. The molecular weight excluding hydrogens is 889 g/mol. The highest BCUT2D eigenvalue weighted by Crippen LogP contribution is 2.15. The quantitative estimate of drug-likeness (QED) is 0.0261. The minimum absolute atomic E-state index is 0.0797. The molecule has 0 saturated carbocycles. The average molecular weight is 1000 g/mol. The zero-order valence-corrected chi connectivity index (χ0v) is 47.2. The lowest BCUT2D eigenvalue weighted by molar-refractivity contribution is -0.167. The molecule has 0 aliphatic rings. The molecule has 0 heterocycles. The second kappa shape index (κ2) is 59.9. The normalized spacial score (nSPS) is 12.8. The molecule has 0 amide bonds. The predicted molar refractivity (Wildman–Crippen MR) is 311 cm³/mol. The van der Waals surface area contributed by atoms with E-state index in [1.54, 1.807) is 0 Å². The SMILES string of the molecule is CC/C=C\C/C=C\C/C=C\C/C=C\C/C=C\C/C=C\CCCCCCCCCCCCCCC(=O)OCC(COC(=O)CCCCCCCC)OC(=O)CCCCCCCCC/C=C\C/C=C\CCCCC. The molecule has 0 aliphatic carbocycles. The van der Waals surface area contributed by atoms with Crippen LogP contribution in [0.2, 0.25) is 0 Å². The molecule has 0 aromatic carbocycles. The lowest BCUT2D eigenvalue weighted by Gasteiger charge is -2.18. The van der Waals surface area contributed by atoms with Crippen molar-refractivity contribution < 1.29 is 28.6 Å². The summed E-state index contributed by atoms with van der Waals surface area (Å²) in [7, 11) is 0. The van der Waals surface area contributed by atoms with Gasteiger partial charge in [-0.15, -0.1) is 0 Å². The molecule has 0 bridgehead atoms. The fraction of sp³-hybridized carbons (Fsp3) is 0.712. The van der Waals surface area contributed by atoms with Crippen LogP contribution in [-0.2, 0) is 28.6 Å². The number of carbonyl (C=O) groups is 3. The van der Waals surface area contributed by atoms with E-state index in [0.717, 1.165) is 109 Å². The first kappa shape index (κ1) is 68.3. The highest BCUT2D eigenvalue weighted by molar-refractivity contribution is 5.71. The molecule has 0 radical (unpaired) electrons. The molecular formula is C66H112O6. The average Bonchev–Trinajstić information content (AvgIpc) is 3.38. The van der Waals surface area contributed by atoms with Gasteiger partial charge in [0, 0.05) is 19.3 Å². The Hall–Kier alpha value is -3.67. The van der Waals surface area contributed by atoms with Crippen molar-refractivity contribution in [3.05, 3.63) is 97.2 Å². The summed E-state index contributed by atoms with van der Waals surface area (Å²) in [6, 6.07) is 0. The van der Waals surface area contributed by atoms with Crippen molar-refractivity contribution in [3.8, 4) is 0 Å². The van der Waals surface area contributed by atoms with E-state index in [-0.39, 0.29) is 31.1 Å². The lowest BCUT2D eigenvalue weighted by atomic mass is 10.0. The van der Waals surface area contributed by atoms with Crippen LogP contribution in [-0.4, -0.2) is 37.2 Å². The highest BCUT2D eigenvalue weighted by Gasteiger charge is 2.19. The third kappa shape index (κ3) is 57.2. The first-order chi connectivity index (χ1) is 35.5. The molecule has 412 valence electrons. The first-order valence-electron chi connectivity index (χ1n) is 30.2. The molecule has 6 heteroatoms. The van der Waals surface area contributed by atoms with Gasteiger partial charge in [0.15, 0.2) is 6.10 Å². The second-order valence-electron chi connectivity index (χ2n) is 19.9. The van der Waals surface area contributed by atoms with Crippen molar-refractivity contribution in [2.75, 3.05) is 13.2 Å². The maximum absolute atomic E-state index is 12.8. The lowest BCUT2D eigenvalue weighted by Crippen LogP contribution is -2.30. The zero-order chi connectivity index (χ0) is 52.2. The standard InChI is InChI=1S/C66H112O6/c1-4-7-10-13-16-18-20-22-24-26-27-28-29-30-31-32-33-34-35-36-37-38-39-41-42-44-46-48-50-53-56-59-65(68)71-62-63(61-70-64(67)58-55-52-15-12-9-6-3)72-66(69)60-57-54-51-49-47-45-43-40-25-23-21-19-17-14-11-8-5-2/h7,10,16-19,22-25,27-28,30-31,33-34,63H,4-6,8-9,11-15,20-21,26,29,32,35-62H2,1-3H3/b10-7-,18-16-,19-17-,24-22-,25-23-,28-27-,31-30-,34-33-. The number of ether oxygens (including phenoxy) is 3. The largest absolute Gasteiger partial charge is 0.462 e. The molecule has 1 unspecified atom stereocenters. The molecule has 6 nitrogen and oxygen atoms in total. The minimum atomic E-state index is -0.779. The monoisotopic (exact) mass is 1000 g/mol. The van der Waals surface area contributed by atoms with Crippen LogP contribution in [0, 0.1) is 0 Å². The number of allylic oxidation sites excluding steroid dienone is 16. The molecule has 0 fully saturated rings. The topological polar surface area (TPSA) is 78.9 Å². The fourth-order valence-electron chi connectivity index (χ4n) is 8.30. The maximum atomic E-state index is 12.8. The van der Waals surface area contributed by atoms with Crippen LogP contribution in [0.15, 0.2) is 97.2 Å². The van der Waals surface area contributed by atoms with E-state index in [4.69, 9.17) is 14.2 Å². The Morgan fingerprint density at radius 1 is 0.292 bits per heavy atom. The summed E-state index contributed by atoms with van der Waals surface area (Å²) in [5, 5.41) is 0. The van der Waals surface area contributed by atoms with Gasteiger partial charge in [-0.05, 0) is 103 Å². The van der Waals surface area contributed by atoms with Crippen LogP contribution in [0.3, 0.4) is 0 Å². The Bertz CT molecular complexity index is 1430. The van der Waals surface area contributed by atoms with Gasteiger partial charge in [-0.25, -0.2) is 0 Å². The van der Waals surface area contributed by atoms with E-state index in [2.05, 4.69) is 118 Å². The Morgan fingerprint density at radius 3 is 0.875 bits per heavy atom. The van der Waals surface area contributed by atoms with Gasteiger partial charge in [0.05, 0.1) is 0 Å². The summed E-state index contributed by atoms with van der Waals surface area (Å²) >= 11 is 0.